The Morgan fingerprint density at radius 2 is 2.31 bits per heavy atom. The van der Waals surface area contributed by atoms with Crippen LogP contribution in [0.3, 0.4) is 0 Å². The van der Waals surface area contributed by atoms with E-state index in [1.165, 1.54) is 0 Å². The summed E-state index contributed by atoms with van der Waals surface area (Å²) in [5.41, 5.74) is 0.584. The lowest BCUT2D eigenvalue weighted by atomic mass is 10.4. The quantitative estimate of drug-likeness (QED) is 0.848. The highest BCUT2D eigenvalue weighted by atomic mass is 16.5. The Morgan fingerprint density at radius 1 is 1.44 bits per heavy atom. The first-order valence-electron chi connectivity index (χ1n) is 5.09. The molecule has 2 rings (SSSR count). The van der Waals surface area contributed by atoms with Crippen LogP contribution in [-0.2, 0) is 13.2 Å². The highest BCUT2D eigenvalue weighted by Gasteiger charge is 2.02. The SMILES string of the molecule is CCn1cc(Oc2cccc(CO)n2)cn1. The fourth-order valence-corrected chi connectivity index (χ4v) is 1.29. The smallest absolute Gasteiger partial charge is 0.219 e. The van der Waals surface area contributed by atoms with Gasteiger partial charge in [-0.2, -0.15) is 5.10 Å². The monoisotopic (exact) mass is 219 g/mol. The molecule has 2 heterocycles. The van der Waals surface area contributed by atoms with Crippen molar-refractivity contribution in [2.45, 2.75) is 20.1 Å². The van der Waals surface area contributed by atoms with Crippen molar-refractivity contribution >= 4 is 0 Å². The third-order valence-electron chi connectivity index (χ3n) is 2.10. The van der Waals surface area contributed by atoms with Gasteiger partial charge in [0.2, 0.25) is 5.88 Å². The molecule has 0 amide bonds. The van der Waals surface area contributed by atoms with Crippen LogP contribution >= 0.6 is 0 Å². The van der Waals surface area contributed by atoms with Crippen LogP contribution in [0.1, 0.15) is 12.6 Å². The van der Waals surface area contributed by atoms with Crippen LogP contribution in [0.4, 0.5) is 0 Å². The molecule has 5 nitrogen and oxygen atoms in total. The molecule has 1 N–H and O–H groups in total. The Labute approximate surface area is 93.3 Å². The van der Waals surface area contributed by atoms with Gasteiger partial charge in [-0.1, -0.05) is 6.07 Å². The summed E-state index contributed by atoms with van der Waals surface area (Å²) in [6.07, 6.45) is 3.43. The van der Waals surface area contributed by atoms with E-state index in [2.05, 4.69) is 10.1 Å². The van der Waals surface area contributed by atoms with E-state index in [-0.39, 0.29) is 6.61 Å². The van der Waals surface area contributed by atoms with Crippen LogP contribution in [0, 0.1) is 0 Å². The molecule has 0 unspecified atom stereocenters. The van der Waals surface area contributed by atoms with E-state index in [0.717, 1.165) is 6.54 Å². The van der Waals surface area contributed by atoms with Crippen LogP contribution in [-0.4, -0.2) is 19.9 Å². The number of aliphatic hydroxyl groups excluding tert-OH is 1. The molecule has 0 aliphatic rings. The first kappa shape index (κ1) is 10.6. The van der Waals surface area contributed by atoms with Gasteiger partial charge in [0, 0.05) is 12.6 Å². The fraction of sp³-hybridized carbons (Fsp3) is 0.273. The van der Waals surface area contributed by atoms with Gasteiger partial charge >= 0.3 is 0 Å². The first-order valence-corrected chi connectivity index (χ1v) is 5.09. The Balaban J connectivity index is 2.13. The Morgan fingerprint density at radius 3 is 3.00 bits per heavy atom. The Bertz CT molecular complexity index is 468. The number of ether oxygens (including phenoxy) is 1. The second kappa shape index (κ2) is 4.76. The number of pyridine rings is 1. The molecule has 0 saturated heterocycles. The highest BCUT2D eigenvalue weighted by molar-refractivity contribution is 5.23. The van der Waals surface area contributed by atoms with Crippen LogP contribution in [0.5, 0.6) is 11.6 Å². The Hall–Kier alpha value is -1.88. The summed E-state index contributed by atoms with van der Waals surface area (Å²) < 4.78 is 7.27. The van der Waals surface area contributed by atoms with Crippen LogP contribution in [0.25, 0.3) is 0 Å². The molecule has 0 aliphatic carbocycles. The lowest BCUT2D eigenvalue weighted by Gasteiger charge is -2.02. The van der Waals surface area contributed by atoms with Gasteiger partial charge in [-0.05, 0) is 13.0 Å². The van der Waals surface area contributed by atoms with Crippen LogP contribution in [0.2, 0.25) is 0 Å². The number of rotatable bonds is 4. The summed E-state index contributed by atoms with van der Waals surface area (Å²) in [5.74, 6) is 1.10. The second-order valence-corrected chi connectivity index (χ2v) is 3.26. The summed E-state index contributed by atoms with van der Waals surface area (Å²) in [6, 6.07) is 5.27. The number of aliphatic hydroxyl groups is 1. The van der Waals surface area contributed by atoms with Crippen molar-refractivity contribution in [3.8, 4) is 11.6 Å². The maximum Gasteiger partial charge on any atom is 0.219 e. The van der Waals surface area contributed by atoms with Gasteiger partial charge < -0.3 is 9.84 Å². The molecule has 0 aromatic carbocycles. The molecule has 0 radical (unpaired) electrons. The minimum absolute atomic E-state index is 0.0918. The van der Waals surface area contributed by atoms with Crippen molar-refractivity contribution in [2.75, 3.05) is 0 Å². The molecule has 84 valence electrons. The highest BCUT2D eigenvalue weighted by Crippen LogP contribution is 2.18. The number of nitrogens with zero attached hydrogens (tertiary/aromatic N) is 3. The summed E-state index contributed by atoms with van der Waals surface area (Å²) in [5, 5.41) is 13.0. The van der Waals surface area contributed by atoms with E-state index in [1.54, 1.807) is 35.3 Å². The van der Waals surface area contributed by atoms with E-state index >= 15 is 0 Å². The van der Waals surface area contributed by atoms with E-state index < -0.39 is 0 Å². The van der Waals surface area contributed by atoms with E-state index in [4.69, 9.17) is 9.84 Å². The standard InChI is InChI=1S/C11H13N3O2/c1-2-14-7-10(6-12-14)16-11-5-3-4-9(8-15)13-11/h3-7,15H,2,8H2,1H3. The minimum Gasteiger partial charge on any atom is -0.436 e. The van der Waals surface area contributed by atoms with Gasteiger partial charge in [0.05, 0.1) is 24.7 Å². The number of hydrogen-bond donors (Lipinski definition) is 1. The zero-order valence-electron chi connectivity index (χ0n) is 9.00. The summed E-state index contributed by atoms with van der Waals surface area (Å²) in [4.78, 5) is 4.11. The molecule has 5 heteroatoms. The molecular weight excluding hydrogens is 206 g/mol. The molecule has 0 spiro atoms. The average Bonchev–Trinajstić information content (AvgIpc) is 2.77. The van der Waals surface area contributed by atoms with Crippen molar-refractivity contribution in [3.63, 3.8) is 0 Å². The molecule has 0 atom stereocenters. The predicted molar refractivity (Wildman–Crippen MR) is 58.1 cm³/mol. The average molecular weight is 219 g/mol. The first-order chi connectivity index (χ1) is 7.81. The largest absolute Gasteiger partial charge is 0.436 e. The van der Waals surface area contributed by atoms with Gasteiger partial charge in [-0.15, -0.1) is 0 Å². The predicted octanol–water partition coefficient (Wildman–Crippen LogP) is 1.58. The lowest BCUT2D eigenvalue weighted by molar-refractivity contribution is 0.275. The van der Waals surface area contributed by atoms with Crippen LogP contribution < -0.4 is 4.74 Å². The third-order valence-corrected chi connectivity index (χ3v) is 2.10. The second-order valence-electron chi connectivity index (χ2n) is 3.26. The zero-order valence-corrected chi connectivity index (χ0v) is 9.00. The van der Waals surface area contributed by atoms with Crippen molar-refractivity contribution in [1.29, 1.82) is 0 Å². The maximum atomic E-state index is 8.94. The molecule has 2 aromatic rings. The van der Waals surface area contributed by atoms with Crippen molar-refractivity contribution in [3.05, 3.63) is 36.3 Å². The summed E-state index contributed by atoms with van der Waals surface area (Å²) >= 11 is 0. The summed E-state index contributed by atoms with van der Waals surface area (Å²) in [7, 11) is 0. The Kier molecular flexibility index (Phi) is 3.16. The fourth-order valence-electron chi connectivity index (χ4n) is 1.29. The van der Waals surface area contributed by atoms with Crippen molar-refractivity contribution < 1.29 is 9.84 Å². The van der Waals surface area contributed by atoms with Gasteiger partial charge in [0.15, 0.2) is 5.75 Å². The van der Waals surface area contributed by atoms with Gasteiger partial charge in [0.1, 0.15) is 0 Å². The number of hydrogen-bond acceptors (Lipinski definition) is 4. The zero-order chi connectivity index (χ0) is 11.4. The summed E-state index contributed by atoms with van der Waals surface area (Å²) in [6.45, 7) is 2.71. The molecule has 0 aliphatic heterocycles. The number of aryl methyl sites for hydroxylation is 1. The number of aromatic nitrogens is 3. The third kappa shape index (κ3) is 2.38. The molecule has 0 fully saturated rings. The normalized spacial score (nSPS) is 10.4. The molecule has 0 bridgehead atoms. The van der Waals surface area contributed by atoms with Gasteiger partial charge in [-0.3, -0.25) is 4.68 Å². The van der Waals surface area contributed by atoms with Crippen LogP contribution in [0.15, 0.2) is 30.6 Å². The lowest BCUT2D eigenvalue weighted by Crippen LogP contribution is -1.93. The molecule has 0 saturated carbocycles. The molecule has 16 heavy (non-hydrogen) atoms. The van der Waals surface area contributed by atoms with Gasteiger partial charge in [-0.25, -0.2) is 4.98 Å². The minimum atomic E-state index is -0.0918. The maximum absolute atomic E-state index is 8.94. The van der Waals surface area contributed by atoms with Gasteiger partial charge in [0.25, 0.3) is 0 Å². The van der Waals surface area contributed by atoms with E-state index in [9.17, 15) is 0 Å². The molecule has 2 aromatic heterocycles. The van der Waals surface area contributed by atoms with Crippen molar-refractivity contribution in [1.82, 2.24) is 14.8 Å². The van der Waals surface area contributed by atoms with Crippen molar-refractivity contribution in [2.24, 2.45) is 0 Å². The van der Waals surface area contributed by atoms with E-state index in [1.807, 2.05) is 6.92 Å². The van der Waals surface area contributed by atoms with E-state index in [0.29, 0.717) is 17.3 Å². The topological polar surface area (TPSA) is 60.2 Å². The molecular formula is C11H13N3O2.